The normalized spacial score (nSPS) is 11.0. The SMILES string of the molecule is COc1ccc(/C=C/C(=O)c2ccc(Oc3nc(C)nc4ccccc34)cc2)cc1. The molecule has 5 heteroatoms. The number of hydrogen-bond acceptors (Lipinski definition) is 5. The molecule has 148 valence electrons. The molecule has 0 bridgehead atoms. The molecule has 1 heterocycles. The first-order chi connectivity index (χ1) is 14.6. The minimum absolute atomic E-state index is 0.0827. The Morgan fingerprint density at radius 3 is 2.30 bits per heavy atom. The van der Waals surface area contributed by atoms with Crippen LogP contribution in [0, 0.1) is 6.92 Å². The van der Waals surface area contributed by atoms with Crippen LogP contribution >= 0.6 is 0 Å². The monoisotopic (exact) mass is 396 g/mol. The Labute approximate surface area is 174 Å². The Balaban J connectivity index is 1.49. The predicted octanol–water partition coefficient (Wildman–Crippen LogP) is 5.64. The highest BCUT2D eigenvalue weighted by atomic mass is 16.5. The highest BCUT2D eigenvalue weighted by Gasteiger charge is 2.09. The molecule has 0 amide bonds. The molecule has 0 aliphatic rings. The lowest BCUT2D eigenvalue weighted by Gasteiger charge is -2.09. The van der Waals surface area contributed by atoms with E-state index in [2.05, 4.69) is 9.97 Å². The average Bonchev–Trinajstić information content (AvgIpc) is 2.78. The Morgan fingerprint density at radius 2 is 1.57 bits per heavy atom. The van der Waals surface area contributed by atoms with Crippen molar-refractivity contribution in [3.05, 3.63) is 95.8 Å². The van der Waals surface area contributed by atoms with Crippen molar-refractivity contribution in [3.63, 3.8) is 0 Å². The van der Waals surface area contributed by atoms with E-state index in [9.17, 15) is 4.79 Å². The van der Waals surface area contributed by atoms with Crippen molar-refractivity contribution in [2.45, 2.75) is 6.92 Å². The predicted molar refractivity (Wildman–Crippen MR) is 117 cm³/mol. The summed E-state index contributed by atoms with van der Waals surface area (Å²) in [6.45, 7) is 1.83. The molecule has 0 atom stereocenters. The summed E-state index contributed by atoms with van der Waals surface area (Å²) in [6, 6.07) is 22.2. The van der Waals surface area contributed by atoms with Gasteiger partial charge in [0.2, 0.25) is 5.88 Å². The molecular formula is C25H20N2O3. The summed E-state index contributed by atoms with van der Waals surface area (Å²) < 4.78 is 11.1. The van der Waals surface area contributed by atoms with E-state index in [0.717, 1.165) is 22.2 Å². The lowest BCUT2D eigenvalue weighted by molar-refractivity contribution is 0.104. The first-order valence-electron chi connectivity index (χ1n) is 9.50. The summed E-state index contributed by atoms with van der Waals surface area (Å²) in [6.07, 6.45) is 3.33. The number of aromatic nitrogens is 2. The zero-order valence-corrected chi connectivity index (χ0v) is 16.7. The Bertz CT molecular complexity index is 1210. The van der Waals surface area contributed by atoms with Gasteiger partial charge in [0.25, 0.3) is 0 Å². The van der Waals surface area contributed by atoms with E-state index in [0.29, 0.717) is 23.0 Å². The van der Waals surface area contributed by atoms with Gasteiger partial charge in [-0.2, -0.15) is 4.98 Å². The zero-order valence-electron chi connectivity index (χ0n) is 16.7. The van der Waals surface area contributed by atoms with E-state index >= 15 is 0 Å². The van der Waals surface area contributed by atoms with Crippen LogP contribution in [0.1, 0.15) is 21.7 Å². The number of ether oxygens (including phenoxy) is 2. The summed E-state index contributed by atoms with van der Waals surface area (Å²) in [4.78, 5) is 21.3. The number of carbonyl (C=O) groups excluding carboxylic acids is 1. The van der Waals surface area contributed by atoms with Gasteiger partial charge in [-0.25, -0.2) is 4.98 Å². The minimum Gasteiger partial charge on any atom is -0.497 e. The van der Waals surface area contributed by atoms with Crippen molar-refractivity contribution < 1.29 is 14.3 Å². The van der Waals surface area contributed by atoms with Gasteiger partial charge in [-0.05, 0) is 67.1 Å². The smallest absolute Gasteiger partial charge is 0.230 e. The second-order valence-electron chi connectivity index (χ2n) is 6.69. The van der Waals surface area contributed by atoms with Gasteiger partial charge in [-0.1, -0.05) is 30.3 Å². The molecule has 0 saturated heterocycles. The first-order valence-corrected chi connectivity index (χ1v) is 9.50. The van der Waals surface area contributed by atoms with Crippen molar-refractivity contribution in [1.29, 1.82) is 0 Å². The fourth-order valence-electron chi connectivity index (χ4n) is 3.02. The molecule has 5 nitrogen and oxygen atoms in total. The van der Waals surface area contributed by atoms with Gasteiger partial charge in [0, 0.05) is 5.56 Å². The molecule has 3 aromatic carbocycles. The molecule has 4 rings (SSSR count). The number of para-hydroxylation sites is 1. The van der Waals surface area contributed by atoms with Gasteiger partial charge >= 0.3 is 0 Å². The van der Waals surface area contributed by atoms with Crippen LogP contribution in [-0.4, -0.2) is 22.9 Å². The van der Waals surface area contributed by atoms with Crippen LogP contribution in [0.2, 0.25) is 0 Å². The van der Waals surface area contributed by atoms with E-state index in [1.165, 1.54) is 0 Å². The number of benzene rings is 3. The van der Waals surface area contributed by atoms with Gasteiger partial charge < -0.3 is 9.47 Å². The second-order valence-corrected chi connectivity index (χ2v) is 6.69. The lowest BCUT2D eigenvalue weighted by Crippen LogP contribution is -1.97. The van der Waals surface area contributed by atoms with Crippen LogP contribution < -0.4 is 9.47 Å². The van der Waals surface area contributed by atoms with E-state index in [1.807, 2.05) is 55.5 Å². The molecule has 0 fully saturated rings. The number of hydrogen-bond donors (Lipinski definition) is 0. The average molecular weight is 396 g/mol. The van der Waals surface area contributed by atoms with Gasteiger partial charge in [-0.3, -0.25) is 4.79 Å². The molecule has 30 heavy (non-hydrogen) atoms. The van der Waals surface area contributed by atoms with E-state index in [4.69, 9.17) is 9.47 Å². The standard InChI is InChI=1S/C25H20N2O3/c1-17-26-23-6-4-3-5-22(23)25(27-17)30-21-14-10-19(11-15-21)24(28)16-9-18-7-12-20(29-2)13-8-18/h3-16H,1-2H3/b16-9+. The lowest BCUT2D eigenvalue weighted by atomic mass is 10.1. The number of carbonyl (C=O) groups is 1. The number of nitrogens with zero attached hydrogens (tertiary/aromatic N) is 2. The maximum absolute atomic E-state index is 12.5. The topological polar surface area (TPSA) is 61.3 Å². The molecule has 0 spiro atoms. The van der Waals surface area contributed by atoms with Gasteiger partial charge in [0.1, 0.15) is 17.3 Å². The van der Waals surface area contributed by atoms with E-state index in [1.54, 1.807) is 43.5 Å². The van der Waals surface area contributed by atoms with Crippen molar-refractivity contribution in [3.8, 4) is 17.4 Å². The third kappa shape index (κ3) is 4.36. The van der Waals surface area contributed by atoms with Crippen LogP contribution in [0.5, 0.6) is 17.4 Å². The molecule has 0 aliphatic heterocycles. The van der Waals surface area contributed by atoms with Gasteiger partial charge in [0.05, 0.1) is 18.0 Å². The fourth-order valence-corrected chi connectivity index (χ4v) is 3.02. The number of rotatable bonds is 6. The van der Waals surface area contributed by atoms with E-state index < -0.39 is 0 Å². The third-order valence-corrected chi connectivity index (χ3v) is 4.58. The Hall–Kier alpha value is -3.99. The van der Waals surface area contributed by atoms with Crippen LogP contribution in [-0.2, 0) is 0 Å². The molecule has 0 N–H and O–H groups in total. The van der Waals surface area contributed by atoms with Crippen molar-refractivity contribution in [1.82, 2.24) is 9.97 Å². The Morgan fingerprint density at radius 1 is 0.867 bits per heavy atom. The number of allylic oxidation sites excluding steroid dienone is 1. The van der Waals surface area contributed by atoms with Crippen LogP contribution in [0.3, 0.4) is 0 Å². The molecule has 0 aliphatic carbocycles. The third-order valence-electron chi connectivity index (χ3n) is 4.58. The highest BCUT2D eigenvalue weighted by Crippen LogP contribution is 2.27. The highest BCUT2D eigenvalue weighted by molar-refractivity contribution is 6.06. The van der Waals surface area contributed by atoms with Crippen LogP contribution in [0.4, 0.5) is 0 Å². The summed E-state index contributed by atoms with van der Waals surface area (Å²) in [5.41, 5.74) is 2.33. The van der Waals surface area contributed by atoms with Crippen molar-refractivity contribution in [2.24, 2.45) is 0 Å². The molecule has 1 aromatic heterocycles. The summed E-state index contributed by atoms with van der Waals surface area (Å²) in [7, 11) is 1.62. The largest absolute Gasteiger partial charge is 0.497 e. The number of aryl methyl sites for hydroxylation is 1. The summed E-state index contributed by atoms with van der Waals surface area (Å²) >= 11 is 0. The molecule has 4 aromatic rings. The number of fused-ring (bicyclic) bond motifs is 1. The quantitative estimate of drug-likeness (QED) is 0.312. The Kier molecular flexibility index (Phi) is 5.52. The van der Waals surface area contributed by atoms with Crippen LogP contribution in [0.25, 0.3) is 17.0 Å². The summed E-state index contributed by atoms with van der Waals surface area (Å²) in [5, 5.41) is 0.839. The second kappa shape index (κ2) is 8.57. The minimum atomic E-state index is -0.0827. The summed E-state index contributed by atoms with van der Waals surface area (Å²) in [5.74, 6) is 2.44. The fraction of sp³-hybridized carbons (Fsp3) is 0.0800. The van der Waals surface area contributed by atoms with Crippen LogP contribution in [0.15, 0.2) is 78.9 Å². The van der Waals surface area contributed by atoms with Crippen molar-refractivity contribution >= 4 is 22.8 Å². The van der Waals surface area contributed by atoms with Gasteiger partial charge in [-0.15, -0.1) is 0 Å². The zero-order chi connectivity index (χ0) is 20.9. The molecular weight excluding hydrogens is 376 g/mol. The number of methoxy groups -OCH3 is 1. The molecule has 0 radical (unpaired) electrons. The first kappa shape index (κ1) is 19.3. The van der Waals surface area contributed by atoms with Crippen molar-refractivity contribution in [2.75, 3.05) is 7.11 Å². The molecule has 0 saturated carbocycles. The number of ketones is 1. The maximum atomic E-state index is 12.5. The molecule has 0 unspecified atom stereocenters. The van der Waals surface area contributed by atoms with Gasteiger partial charge in [0.15, 0.2) is 5.78 Å². The maximum Gasteiger partial charge on any atom is 0.230 e. The van der Waals surface area contributed by atoms with E-state index in [-0.39, 0.29) is 5.78 Å².